The summed E-state index contributed by atoms with van der Waals surface area (Å²) in [5.74, 6) is -2.12. The highest BCUT2D eigenvalue weighted by molar-refractivity contribution is 6.47. The molecule has 2 aliphatic rings. The lowest BCUT2D eigenvalue weighted by molar-refractivity contribution is -0.136. The summed E-state index contributed by atoms with van der Waals surface area (Å²) in [6, 6.07) is 12.6. The van der Waals surface area contributed by atoms with Crippen LogP contribution in [-0.2, 0) is 19.1 Å². The molecule has 31 heavy (non-hydrogen) atoms. The molecular formula is C22H21N3O6. The van der Waals surface area contributed by atoms with E-state index in [1.165, 1.54) is 19.2 Å². The summed E-state index contributed by atoms with van der Waals surface area (Å²) in [6.45, 7) is 1.77. The third-order valence-corrected chi connectivity index (χ3v) is 5.19. The van der Waals surface area contributed by atoms with Crippen molar-refractivity contribution in [2.75, 3.05) is 30.7 Å². The minimum atomic E-state index is -1.11. The lowest BCUT2D eigenvalue weighted by Gasteiger charge is -2.24. The first kappa shape index (κ1) is 20.4. The summed E-state index contributed by atoms with van der Waals surface area (Å²) in [5, 5.41) is 5.70. The first-order valence-corrected chi connectivity index (χ1v) is 9.72. The molecule has 0 N–H and O–H groups in total. The molecule has 0 unspecified atom stereocenters. The van der Waals surface area contributed by atoms with Crippen LogP contribution in [0.25, 0.3) is 0 Å². The normalized spacial score (nSPS) is 19.9. The van der Waals surface area contributed by atoms with E-state index in [2.05, 4.69) is 5.10 Å². The first-order valence-electron chi connectivity index (χ1n) is 9.72. The SMILES string of the molecule is CCOC(=O)C1=NN(c2ccccc2OC)[C@@H]2C(=O)N(c3ccccc3OC)C(=O)[C@@H]12. The van der Waals surface area contributed by atoms with E-state index >= 15 is 0 Å². The Bertz CT molecular complexity index is 1080. The van der Waals surface area contributed by atoms with Crippen LogP contribution in [-0.4, -0.2) is 50.4 Å². The van der Waals surface area contributed by atoms with Gasteiger partial charge in [0.25, 0.3) is 5.91 Å². The molecule has 9 nitrogen and oxygen atoms in total. The van der Waals surface area contributed by atoms with Crippen LogP contribution in [0.3, 0.4) is 0 Å². The predicted molar refractivity (Wildman–Crippen MR) is 112 cm³/mol. The zero-order valence-corrected chi connectivity index (χ0v) is 17.3. The maximum atomic E-state index is 13.5. The number of imide groups is 1. The Morgan fingerprint density at radius 1 is 0.935 bits per heavy atom. The molecule has 4 rings (SSSR count). The fourth-order valence-corrected chi connectivity index (χ4v) is 3.86. The number of nitrogens with zero attached hydrogens (tertiary/aromatic N) is 3. The van der Waals surface area contributed by atoms with E-state index in [1.54, 1.807) is 55.5 Å². The molecule has 0 aromatic heterocycles. The molecule has 1 saturated heterocycles. The van der Waals surface area contributed by atoms with E-state index in [4.69, 9.17) is 14.2 Å². The summed E-state index contributed by atoms with van der Waals surface area (Å²) >= 11 is 0. The van der Waals surface area contributed by atoms with Gasteiger partial charge in [-0.2, -0.15) is 5.10 Å². The summed E-state index contributed by atoms with van der Waals surface area (Å²) < 4.78 is 15.8. The van der Waals surface area contributed by atoms with Gasteiger partial charge < -0.3 is 14.2 Å². The highest BCUT2D eigenvalue weighted by Crippen LogP contribution is 2.42. The van der Waals surface area contributed by atoms with E-state index in [0.29, 0.717) is 22.9 Å². The molecule has 9 heteroatoms. The fourth-order valence-electron chi connectivity index (χ4n) is 3.86. The number of rotatable bonds is 6. The number of anilines is 2. The molecule has 2 amide bonds. The average Bonchev–Trinajstić information content (AvgIpc) is 3.30. The summed E-state index contributed by atoms with van der Waals surface area (Å²) in [7, 11) is 2.95. The second-order valence-electron chi connectivity index (χ2n) is 6.83. The van der Waals surface area contributed by atoms with E-state index in [-0.39, 0.29) is 12.3 Å². The highest BCUT2D eigenvalue weighted by Gasteiger charge is 2.59. The van der Waals surface area contributed by atoms with Gasteiger partial charge in [-0.3, -0.25) is 9.59 Å². The molecular weight excluding hydrogens is 402 g/mol. The lowest BCUT2D eigenvalue weighted by atomic mass is 9.97. The number of hydrazone groups is 1. The van der Waals surface area contributed by atoms with Gasteiger partial charge in [0, 0.05) is 0 Å². The minimum Gasteiger partial charge on any atom is -0.495 e. The number of fused-ring (bicyclic) bond motifs is 1. The minimum absolute atomic E-state index is 0.113. The number of benzene rings is 2. The number of ether oxygens (including phenoxy) is 3. The summed E-state index contributed by atoms with van der Waals surface area (Å²) in [5.41, 5.74) is 0.647. The van der Waals surface area contributed by atoms with Crippen LogP contribution in [0.4, 0.5) is 11.4 Å². The smallest absolute Gasteiger partial charge is 0.355 e. The maximum Gasteiger partial charge on any atom is 0.355 e. The monoisotopic (exact) mass is 423 g/mol. The number of hydrogen-bond donors (Lipinski definition) is 0. The Morgan fingerprint density at radius 2 is 1.52 bits per heavy atom. The number of methoxy groups -OCH3 is 2. The molecule has 1 fully saturated rings. The van der Waals surface area contributed by atoms with Crippen LogP contribution < -0.4 is 19.4 Å². The largest absolute Gasteiger partial charge is 0.495 e. The van der Waals surface area contributed by atoms with E-state index in [0.717, 1.165) is 4.90 Å². The number of esters is 1. The molecule has 2 aromatic carbocycles. The molecule has 2 aliphatic heterocycles. The number of hydrogen-bond acceptors (Lipinski definition) is 8. The molecule has 160 valence electrons. The Hall–Kier alpha value is -3.88. The van der Waals surface area contributed by atoms with Crippen LogP contribution >= 0.6 is 0 Å². The van der Waals surface area contributed by atoms with Crippen molar-refractivity contribution in [2.45, 2.75) is 13.0 Å². The first-order chi connectivity index (χ1) is 15.0. The Balaban J connectivity index is 1.84. The van der Waals surface area contributed by atoms with Crippen molar-refractivity contribution < 1.29 is 28.6 Å². The lowest BCUT2D eigenvalue weighted by Crippen LogP contribution is -2.39. The van der Waals surface area contributed by atoms with Crippen LogP contribution in [0.2, 0.25) is 0 Å². The molecule has 0 bridgehead atoms. The molecule has 0 radical (unpaired) electrons. The van der Waals surface area contributed by atoms with Gasteiger partial charge in [0.2, 0.25) is 5.91 Å². The molecule has 0 spiro atoms. The van der Waals surface area contributed by atoms with E-state index in [9.17, 15) is 14.4 Å². The van der Waals surface area contributed by atoms with Gasteiger partial charge in [0.05, 0.1) is 26.5 Å². The van der Waals surface area contributed by atoms with E-state index in [1.807, 2.05) is 0 Å². The van der Waals surface area contributed by atoms with Crippen molar-refractivity contribution in [3.05, 3.63) is 48.5 Å². The number of para-hydroxylation sites is 4. The molecule has 2 aromatic rings. The Labute approximate surface area is 178 Å². The number of carbonyl (C=O) groups is 3. The molecule has 0 saturated carbocycles. The quantitative estimate of drug-likeness (QED) is 0.518. The van der Waals surface area contributed by atoms with Crippen LogP contribution in [0, 0.1) is 5.92 Å². The zero-order valence-electron chi connectivity index (χ0n) is 17.3. The van der Waals surface area contributed by atoms with Gasteiger partial charge in [-0.15, -0.1) is 0 Å². The van der Waals surface area contributed by atoms with E-state index < -0.39 is 29.7 Å². The van der Waals surface area contributed by atoms with Gasteiger partial charge >= 0.3 is 5.97 Å². The highest BCUT2D eigenvalue weighted by atomic mass is 16.5. The number of amides is 2. The van der Waals surface area contributed by atoms with Crippen molar-refractivity contribution in [1.82, 2.24) is 0 Å². The molecule has 0 aliphatic carbocycles. The average molecular weight is 423 g/mol. The molecule has 2 atom stereocenters. The van der Waals surface area contributed by atoms with Gasteiger partial charge in [-0.05, 0) is 31.2 Å². The fraction of sp³-hybridized carbons (Fsp3) is 0.273. The zero-order chi connectivity index (χ0) is 22.1. The van der Waals surface area contributed by atoms with Gasteiger partial charge in [0.15, 0.2) is 5.71 Å². The molecule has 2 heterocycles. The summed E-state index contributed by atoms with van der Waals surface area (Å²) in [6.07, 6.45) is 0. The van der Waals surface area contributed by atoms with Crippen LogP contribution in [0.1, 0.15) is 6.92 Å². The van der Waals surface area contributed by atoms with Crippen molar-refractivity contribution in [1.29, 1.82) is 0 Å². The second-order valence-corrected chi connectivity index (χ2v) is 6.83. The van der Waals surface area contributed by atoms with Gasteiger partial charge in [-0.25, -0.2) is 14.7 Å². The van der Waals surface area contributed by atoms with Crippen molar-refractivity contribution in [3.63, 3.8) is 0 Å². The van der Waals surface area contributed by atoms with Gasteiger partial charge in [-0.1, -0.05) is 24.3 Å². The van der Waals surface area contributed by atoms with Gasteiger partial charge in [0.1, 0.15) is 29.1 Å². The standard InChI is InChI=1S/C22H21N3O6/c1-4-31-22(28)18-17-19(25(23-18)14-10-6-8-12-16(14)30-3)21(27)24(20(17)26)13-9-5-7-11-15(13)29-2/h5-12,17,19H,4H2,1-3H3/t17-,19-/m0/s1. The summed E-state index contributed by atoms with van der Waals surface area (Å²) in [4.78, 5) is 40.6. The van der Waals surface area contributed by atoms with Crippen LogP contribution in [0.5, 0.6) is 11.5 Å². The Kier molecular flexibility index (Phi) is 5.33. The van der Waals surface area contributed by atoms with Crippen molar-refractivity contribution in [3.8, 4) is 11.5 Å². The van der Waals surface area contributed by atoms with Crippen molar-refractivity contribution in [2.24, 2.45) is 11.0 Å². The number of carbonyl (C=O) groups excluding carboxylic acids is 3. The van der Waals surface area contributed by atoms with Crippen LogP contribution in [0.15, 0.2) is 53.6 Å². The third kappa shape index (κ3) is 3.18. The topological polar surface area (TPSA) is 97.7 Å². The van der Waals surface area contributed by atoms with Crippen molar-refractivity contribution >= 4 is 34.9 Å². The third-order valence-electron chi connectivity index (χ3n) is 5.19. The Morgan fingerprint density at radius 3 is 2.13 bits per heavy atom. The maximum absolute atomic E-state index is 13.5. The predicted octanol–water partition coefficient (Wildman–Crippen LogP) is 2.00. The second kappa shape index (κ2) is 8.10.